The van der Waals surface area contributed by atoms with Crippen LogP contribution in [0.5, 0.6) is 0 Å². The number of nitrogens with zero attached hydrogens (tertiary/aromatic N) is 3. The lowest BCUT2D eigenvalue weighted by atomic mass is 9.91. The van der Waals surface area contributed by atoms with Gasteiger partial charge in [0.2, 0.25) is 5.89 Å². The molecule has 8 heteroatoms. The summed E-state index contributed by atoms with van der Waals surface area (Å²) >= 11 is 12.1. The van der Waals surface area contributed by atoms with Gasteiger partial charge < -0.3 is 9.32 Å². The number of rotatable bonds is 3. The Kier molecular flexibility index (Phi) is 6.06. The standard InChI is InChI=1S/C22H20Cl2N4O2/c1-14-13-28(10-9-17(14)11-15-7-8-18(23)19(24)12-15)22(29)25-21-27-26-20(30-21)16-5-3-2-4-6-16/h2-8,11-12,14H,9-10,13H2,1H3,(H,25,27,29). The number of urea groups is 1. The molecule has 0 saturated carbocycles. The highest BCUT2D eigenvalue weighted by Gasteiger charge is 2.25. The lowest BCUT2D eigenvalue weighted by Crippen LogP contribution is -2.42. The zero-order valence-electron chi connectivity index (χ0n) is 16.3. The third kappa shape index (κ3) is 4.66. The van der Waals surface area contributed by atoms with Crippen LogP contribution in [-0.4, -0.2) is 34.2 Å². The monoisotopic (exact) mass is 442 g/mol. The first-order chi connectivity index (χ1) is 14.5. The molecule has 0 aliphatic carbocycles. The van der Waals surface area contributed by atoms with Gasteiger partial charge in [-0.2, -0.15) is 0 Å². The number of amides is 2. The summed E-state index contributed by atoms with van der Waals surface area (Å²) < 4.78 is 5.56. The molecule has 1 fully saturated rings. The Labute approximate surface area is 184 Å². The SMILES string of the molecule is CC1CN(C(=O)Nc2nnc(-c3ccccc3)o2)CCC1=Cc1ccc(Cl)c(Cl)c1. The van der Waals surface area contributed by atoms with Gasteiger partial charge in [-0.15, -0.1) is 5.10 Å². The van der Waals surface area contributed by atoms with Crippen molar-refractivity contribution in [1.29, 1.82) is 0 Å². The number of aromatic nitrogens is 2. The van der Waals surface area contributed by atoms with E-state index in [-0.39, 0.29) is 18.0 Å². The van der Waals surface area contributed by atoms with Crippen LogP contribution >= 0.6 is 23.2 Å². The predicted molar refractivity (Wildman–Crippen MR) is 119 cm³/mol. The van der Waals surface area contributed by atoms with E-state index in [0.29, 0.717) is 29.0 Å². The molecule has 154 valence electrons. The number of nitrogens with one attached hydrogen (secondary N) is 1. The number of piperidine rings is 1. The second-order valence-corrected chi connectivity index (χ2v) is 8.01. The minimum absolute atomic E-state index is 0.0867. The first-order valence-corrected chi connectivity index (χ1v) is 10.4. The number of hydrogen-bond acceptors (Lipinski definition) is 4. The Morgan fingerprint density at radius 1 is 1.17 bits per heavy atom. The highest BCUT2D eigenvalue weighted by molar-refractivity contribution is 6.42. The number of hydrogen-bond donors (Lipinski definition) is 1. The van der Waals surface area contributed by atoms with Crippen molar-refractivity contribution in [2.75, 3.05) is 18.4 Å². The van der Waals surface area contributed by atoms with E-state index < -0.39 is 0 Å². The summed E-state index contributed by atoms with van der Waals surface area (Å²) in [5.74, 6) is 0.575. The summed E-state index contributed by atoms with van der Waals surface area (Å²) in [6.07, 6.45) is 2.89. The van der Waals surface area contributed by atoms with E-state index in [9.17, 15) is 4.79 Å². The number of anilines is 1. The zero-order chi connectivity index (χ0) is 21.1. The normalized spacial score (nSPS) is 17.9. The smallest absolute Gasteiger partial charge is 0.325 e. The van der Waals surface area contributed by atoms with Gasteiger partial charge in [-0.1, -0.05) is 71.1 Å². The van der Waals surface area contributed by atoms with Crippen LogP contribution in [-0.2, 0) is 0 Å². The predicted octanol–water partition coefficient (Wildman–Crippen LogP) is 6.00. The second-order valence-electron chi connectivity index (χ2n) is 7.20. The first-order valence-electron chi connectivity index (χ1n) is 9.60. The lowest BCUT2D eigenvalue weighted by molar-refractivity contribution is 0.197. The molecule has 1 aliphatic rings. The van der Waals surface area contributed by atoms with Crippen LogP contribution in [0, 0.1) is 5.92 Å². The van der Waals surface area contributed by atoms with E-state index in [1.54, 1.807) is 11.0 Å². The average Bonchev–Trinajstić information content (AvgIpc) is 3.21. The number of likely N-dealkylation sites (tertiary alicyclic amines) is 1. The average molecular weight is 443 g/mol. The summed E-state index contributed by atoms with van der Waals surface area (Å²) in [6.45, 7) is 3.30. The molecule has 6 nitrogen and oxygen atoms in total. The summed E-state index contributed by atoms with van der Waals surface area (Å²) in [5, 5.41) is 11.7. The number of carbonyl (C=O) groups excluding carboxylic acids is 1. The molecule has 3 aromatic rings. The molecule has 1 aliphatic heterocycles. The molecule has 1 N–H and O–H groups in total. The quantitative estimate of drug-likeness (QED) is 0.539. The van der Waals surface area contributed by atoms with Crippen LogP contribution in [0.4, 0.5) is 10.8 Å². The van der Waals surface area contributed by atoms with Crippen LogP contribution in [0.3, 0.4) is 0 Å². The Balaban J connectivity index is 1.38. The van der Waals surface area contributed by atoms with Crippen molar-refractivity contribution in [1.82, 2.24) is 15.1 Å². The van der Waals surface area contributed by atoms with Gasteiger partial charge in [0.1, 0.15) is 0 Å². The van der Waals surface area contributed by atoms with Gasteiger partial charge in [-0.05, 0) is 42.2 Å². The fraction of sp³-hybridized carbons (Fsp3) is 0.227. The molecule has 0 bridgehead atoms. The number of benzene rings is 2. The van der Waals surface area contributed by atoms with Gasteiger partial charge in [-0.25, -0.2) is 4.79 Å². The van der Waals surface area contributed by atoms with E-state index in [1.807, 2.05) is 42.5 Å². The van der Waals surface area contributed by atoms with Crippen LogP contribution in [0.25, 0.3) is 17.5 Å². The van der Waals surface area contributed by atoms with Gasteiger partial charge >= 0.3 is 12.0 Å². The van der Waals surface area contributed by atoms with Gasteiger partial charge in [0, 0.05) is 18.7 Å². The molecule has 0 spiro atoms. The van der Waals surface area contributed by atoms with E-state index in [1.165, 1.54) is 5.57 Å². The fourth-order valence-electron chi connectivity index (χ4n) is 3.41. The van der Waals surface area contributed by atoms with Gasteiger partial charge in [-0.3, -0.25) is 5.32 Å². The third-order valence-electron chi connectivity index (χ3n) is 5.04. The van der Waals surface area contributed by atoms with Gasteiger partial charge in [0.15, 0.2) is 0 Å². The highest BCUT2D eigenvalue weighted by Crippen LogP contribution is 2.28. The molecule has 30 heavy (non-hydrogen) atoms. The maximum Gasteiger partial charge on any atom is 0.325 e. The van der Waals surface area contributed by atoms with Crippen LogP contribution in [0.1, 0.15) is 18.9 Å². The molecular weight excluding hydrogens is 423 g/mol. The summed E-state index contributed by atoms with van der Waals surface area (Å²) in [6, 6.07) is 14.8. The Bertz CT molecular complexity index is 1080. The third-order valence-corrected chi connectivity index (χ3v) is 5.78. The van der Waals surface area contributed by atoms with Crippen molar-refractivity contribution in [2.45, 2.75) is 13.3 Å². The lowest BCUT2D eigenvalue weighted by Gasteiger charge is -2.32. The molecule has 1 saturated heterocycles. The fourth-order valence-corrected chi connectivity index (χ4v) is 3.71. The molecule has 1 unspecified atom stereocenters. The molecule has 1 aromatic heterocycles. The van der Waals surface area contributed by atoms with E-state index in [2.05, 4.69) is 28.5 Å². The van der Waals surface area contributed by atoms with E-state index in [4.69, 9.17) is 27.6 Å². The molecule has 1 atom stereocenters. The Hall–Kier alpha value is -2.83. The van der Waals surface area contributed by atoms with Crippen molar-refractivity contribution in [3.63, 3.8) is 0 Å². The number of halogens is 2. The molecule has 2 heterocycles. The van der Waals surface area contributed by atoms with E-state index in [0.717, 1.165) is 17.5 Å². The second kappa shape index (κ2) is 8.90. The first kappa shape index (κ1) is 20.4. The zero-order valence-corrected chi connectivity index (χ0v) is 17.8. The van der Waals surface area contributed by atoms with Gasteiger partial charge in [0.05, 0.1) is 10.0 Å². The summed E-state index contributed by atoms with van der Waals surface area (Å²) in [4.78, 5) is 14.4. The Morgan fingerprint density at radius 2 is 1.97 bits per heavy atom. The molecule has 2 aromatic carbocycles. The molecule has 2 amide bonds. The van der Waals surface area contributed by atoms with Crippen LogP contribution in [0.15, 0.2) is 58.5 Å². The summed E-state index contributed by atoms with van der Waals surface area (Å²) in [5.41, 5.74) is 3.07. The largest absolute Gasteiger partial charge is 0.403 e. The van der Waals surface area contributed by atoms with Crippen molar-refractivity contribution in [3.8, 4) is 11.5 Å². The van der Waals surface area contributed by atoms with Crippen LogP contribution < -0.4 is 5.32 Å². The van der Waals surface area contributed by atoms with Gasteiger partial charge in [0.25, 0.3) is 0 Å². The van der Waals surface area contributed by atoms with Crippen molar-refractivity contribution < 1.29 is 9.21 Å². The molecule has 0 radical (unpaired) electrons. The Morgan fingerprint density at radius 3 is 2.70 bits per heavy atom. The van der Waals surface area contributed by atoms with Crippen molar-refractivity contribution in [2.24, 2.45) is 5.92 Å². The molecular formula is C22H20Cl2N4O2. The molecule has 4 rings (SSSR count). The topological polar surface area (TPSA) is 71.3 Å². The number of carbonyl (C=O) groups is 1. The minimum Gasteiger partial charge on any atom is -0.403 e. The van der Waals surface area contributed by atoms with Crippen molar-refractivity contribution >= 4 is 41.3 Å². The van der Waals surface area contributed by atoms with Crippen LogP contribution in [0.2, 0.25) is 10.0 Å². The minimum atomic E-state index is -0.251. The highest BCUT2D eigenvalue weighted by atomic mass is 35.5. The summed E-state index contributed by atoms with van der Waals surface area (Å²) in [7, 11) is 0. The maximum atomic E-state index is 12.6. The maximum absolute atomic E-state index is 12.6. The van der Waals surface area contributed by atoms with Crippen molar-refractivity contribution in [3.05, 3.63) is 69.7 Å². The van der Waals surface area contributed by atoms with E-state index >= 15 is 0 Å².